The van der Waals surface area contributed by atoms with Gasteiger partial charge >= 0.3 is 0 Å². The van der Waals surface area contributed by atoms with Crippen LogP contribution in [0.4, 0.5) is 5.69 Å². The molecule has 2 aromatic rings. The van der Waals surface area contributed by atoms with Gasteiger partial charge in [-0.3, -0.25) is 14.6 Å². The van der Waals surface area contributed by atoms with Crippen LogP contribution in [-0.2, 0) is 16.1 Å². The third-order valence-corrected chi connectivity index (χ3v) is 4.03. The molecule has 2 amide bonds. The maximum Gasteiger partial charge on any atom is 0.229 e. The van der Waals surface area contributed by atoms with Gasteiger partial charge in [0, 0.05) is 37.6 Å². The van der Waals surface area contributed by atoms with Crippen LogP contribution >= 0.6 is 0 Å². The lowest BCUT2D eigenvalue weighted by Gasteiger charge is -2.17. The van der Waals surface area contributed by atoms with Crippen molar-refractivity contribution in [2.24, 2.45) is 5.92 Å². The highest BCUT2D eigenvalue weighted by atomic mass is 16.2. The Morgan fingerprint density at radius 3 is 2.61 bits per heavy atom. The number of nitrogens with one attached hydrogen (secondary N) is 1. The van der Waals surface area contributed by atoms with Crippen LogP contribution in [0.5, 0.6) is 0 Å². The minimum atomic E-state index is -0.305. The first-order valence-electron chi connectivity index (χ1n) is 7.66. The van der Waals surface area contributed by atoms with Crippen LogP contribution in [-0.4, -0.2) is 28.2 Å². The van der Waals surface area contributed by atoms with Gasteiger partial charge in [0.2, 0.25) is 11.8 Å². The summed E-state index contributed by atoms with van der Waals surface area (Å²) in [7, 11) is 0. The van der Waals surface area contributed by atoms with Gasteiger partial charge in [0.25, 0.3) is 0 Å². The van der Waals surface area contributed by atoms with Crippen LogP contribution in [0, 0.1) is 12.8 Å². The molecule has 1 aliphatic rings. The van der Waals surface area contributed by atoms with E-state index in [1.807, 2.05) is 31.2 Å². The van der Waals surface area contributed by atoms with E-state index < -0.39 is 0 Å². The summed E-state index contributed by atoms with van der Waals surface area (Å²) < 4.78 is 0. The fraction of sp³-hybridized carbons (Fsp3) is 0.278. The summed E-state index contributed by atoms with van der Waals surface area (Å²) in [6.07, 6.45) is 3.51. The number of carbonyl (C=O) groups excluding carboxylic acids is 2. The van der Waals surface area contributed by atoms with Gasteiger partial charge in [-0.2, -0.15) is 0 Å². The number of pyridine rings is 1. The maximum atomic E-state index is 12.3. The molecular weight excluding hydrogens is 290 g/mol. The molecule has 0 saturated carbocycles. The van der Waals surface area contributed by atoms with E-state index in [0.717, 1.165) is 5.56 Å². The first-order chi connectivity index (χ1) is 11.1. The molecule has 23 heavy (non-hydrogen) atoms. The minimum absolute atomic E-state index is 0.0282. The molecule has 3 rings (SSSR count). The molecule has 0 radical (unpaired) electrons. The molecule has 0 aliphatic carbocycles. The summed E-state index contributed by atoms with van der Waals surface area (Å²) in [5.41, 5.74) is 2.98. The summed E-state index contributed by atoms with van der Waals surface area (Å²) in [5.74, 6) is -0.391. The van der Waals surface area contributed by atoms with E-state index in [1.165, 1.54) is 5.56 Å². The number of aromatic nitrogens is 1. The lowest BCUT2D eigenvalue weighted by Crippen LogP contribution is -2.28. The molecule has 0 unspecified atom stereocenters. The molecular formula is C18H19N3O2. The molecule has 1 aromatic heterocycles. The van der Waals surface area contributed by atoms with Gasteiger partial charge in [0.1, 0.15) is 0 Å². The van der Waals surface area contributed by atoms with Crippen molar-refractivity contribution < 1.29 is 9.59 Å². The molecule has 0 spiro atoms. The Morgan fingerprint density at radius 1 is 1.22 bits per heavy atom. The number of nitrogens with zero attached hydrogens (tertiary/aromatic N) is 2. The lowest BCUT2D eigenvalue weighted by atomic mass is 10.1. The maximum absolute atomic E-state index is 12.3. The summed E-state index contributed by atoms with van der Waals surface area (Å²) in [4.78, 5) is 30.1. The number of benzene rings is 1. The van der Waals surface area contributed by atoms with Crippen LogP contribution in [0.1, 0.15) is 17.5 Å². The number of hydrogen-bond donors (Lipinski definition) is 1. The molecule has 1 saturated heterocycles. The first kappa shape index (κ1) is 15.2. The standard InChI is InChI=1S/C18H19N3O2/c1-13-2-4-14(5-3-13)11-21-12-15(10-17(21)22)18(23)20-16-6-8-19-9-7-16/h2-9,15H,10-12H2,1H3,(H,19,20,23)/t15-/m0/s1. The van der Waals surface area contributed by atoms with Crippen molar-refractivity contribution in [2.45, 2.75) is 19.9 Å². The molecule has 1 N–H and O–H groups in total. The van der Waals surface area contributed by atoms with Crippen LogP contribution in [0.25, 0.3) is 0 Å². The van der Waals surface area contributed by atoms with Crippen molar-refractivity contribution in [3.05, 3.63) is 59.9 Å². The highest BCUT2D eigenvalue weighted by Crippen LogP contribution is 2.22. The predicted molar refractivity (Wildman–Crippen MR) is 87.6 cm³/mol. The van der Waals surface area contributed by atoms with Crippen molar-refractivity contribution in [2.75, 3.05) is 11.9 Å². The Morgan fingerprint density at radius 2 is 1.91 bits per heavy atom. The molecule has 0 bridgehead atoms. The van der Waals surface area contributed by atoms with Gasteiger partial charge in [0.05, 0.1) is 5.92 Å². The van der Waals surface area contributed by atoms with Crippen LogP contribution in [0.2, 0.25) is 0 Å². The quantitative estimate of drug-likeness (QED) is 0.943. The van der Waals surface area contributed by atoms with Gasteiger partial charge in [-0.15, -0.1) is 0 Å². The summed E-state index contributed by atoms with van der Waals surface area (Å²) in [6, 6.07) is 11.6. The molecule has 5 heteroatoms. The smallest absolute Gasteiger partial charge is 0.229 e. The highest BCUT2D eigenvalue weighted by molar-refractivity contribution is 5.97. The second-order valence-corrected chi connectivity index (χ2v) is 5.89. The number of carbonyl (C=O) groups is 2. The van der Waals surface area contributed by atoms with Gasteiger partial charge in [-0.05, 0) is 24.6 Å². The molecule has 1 atom stereocenters. The molecule has 118 valence electrons. The zero-order chi connectivity index (χ0) is 16.2. The average Bonchev–Trinajstić information content (AvgIpc) is 2.92. The van der Waals surface area contributed by atoms with Gasteiger partial charge < -0.3 is 10.2 Å². The molecule has 1 fully saturated rings. The second kappa shape index (κ2) is 6.60. The van der Waals surface area contributed by atoms with E-state index >= 15 is 0 Å². The number of likely N-dealkylation sites (tertiary alicyclic amines) is 1. The van der Waals surface area contributed by atoms with Crippen LogP contribution < -0.4 is 5.32 Å². The molecule has 5 nitrogen and oxygen atoms in total. The lowest BCUT2D eigenvalue weighted by molar-refractivity contribution is -0.128. The summed E-state index contributed by atoms with van der Waals surface area (Å²) in [5, 5.41) is 2.84. The Balaban J connectivity index is 1.60. The van der Waals surface area contributed by atoms with Crippen LogP contribution in [0.3, 0.4) is 0 Å². The first-order valence-corrected chi connectivity index (χ1v) is 7.66. The fourth-order valence-corrected chi connectivity index (χ4v) is 2.69. The topological polar surface area (TPSA) is 62.3 Å². The van der Waals surface area contributed by atoms with E-state index in [1.54, 1.807) is 29.4 Å². The number of rotatable bonds is 4. The molecule has 1 aromatic carbocycles. The van der Waals surface area contributed by atoms with E-state index in [4.69, 9.17) is 0 Å². The van der Waals surface area contributed by atoms with Crippen molar-refractivity contribution >= 4 is 17.5 Å². The third kappa shape index (κ3) is 3.74. The number of amides is 2. The number of hydrogen-bond acceptors (Lipinski definition) is 3. The van der Waals surface area contributed by atoms with Crippen LogP contribution in [0.15, 0.2) is 48.8 Å². The van der Waals surface area contributed by atoms with E-state index in [9.17, 15) is 9.59 Å². The third-order valence-electron chi connectivity index (χ3n) is 4.03. The Labute approximate surface area is 135 Å². The Kier molecular flexibility index (Phi) is 4.37. The zero-order valence-corrected chi connectivity index (χ0v) is 13.0. The van der Waals surface area contributed by atoms with E-state index in [0.29, 0.717) is 18.8 Å². The van der Waals surface area contributed by atoms with Gasteiger partial charge in [-0.25, -0.2) is 0 Å². The largest absolute Gasteiger partial charge is 0.338 e. The zero-order valence-electron chi connectivity index (χ0n) is 13.0. The van der Waals surface area contributed by atoms with Gasteiger partial charge in [-0.1, -0.05) is 29.8 Å². The molecule has 2 heterocycles. The Hall–Kier alpha value is -2.69. The Bertz CT molecular complexity index is 698. The second-order valence-electron chi connectivity index (χ2n) is 5.89. The monoisotopic (exact) mass is 309 g/mol. The SMILES string of the molecule is Cc1ccc(CN2C[C@@H](C(=O)Nc3ccncc3)CC2=O)cc1. The summed E-state index contributed by atoms with van der Waals surface area (Å²) >= 11 is 0. The molecule has 1 aliphatic heterocycles. The van der Waals surface area contributed by atoms with E-state index in [2.05, 4.69) is 10.3 Å². The highest BCUT2D eigenvalue weighted by Gasteiger charge is 2.34. The average molecular weight is 309 g/mol. The number of anilines is 1. The summed E-state index contributed by atoms with van der Waals surface area (Å²) in [6.45, 7) is 3.05. The number of aryl methyl sites for hydroxylation is 1. The minimum Gasteiger partial charge on any atom is -0.338 e. The predicted octanol–water partition coefficient (Wildman–Crippen LogP) is 2.38. The van der Waals surface area contributed by atoms with Gasteiger partial charge in [0.15, 0.2) is 0 Å². The van der Waals surface area contributed by atoms with E-state index in [-0.39, 0.29) is 24.2 Å². The fourth-order valence-electron chi connectivity index (χ4n) is 2.69. The normalized spacial score (nSPS) is 17.3. The van der Waals surface area contributed by atoms with Crippen molar-refractivity contribution in [3.63, 3.8) is 0 Å². The van der Waals surface area contributed by atoms with Crippen molar-refractivity contribution in [3.8, 4) is 0 Å². The van der Waals surface area contributed by atoms with Crippen molar-refractivity contribution in [1.82, 2.24) is 9.88 Å². The van der Waals surface area contributed by atoms with Crippen molar-refractivity contribution in [1.29, 1.82) is 0 Å².